The molecule has 3 aromatic heterocycles. The number of alkyl halides is 3. The molecule has 2 N–H and O–H groups in total. The van der Waals surface area contributed by atoms with E-state index in [1.54, 1.807) is 12.3 Å². The third-order valence-corrected chi connectivity index (χ3v) is 3.32. The van der Waals surface area contributed by atoms with Crippen molar-refractivity contribution in [1.82, 2.24) is 30.0 Å². The van der Waals surface area contributed by atoms with Crippen molar-refractivity contribution in [3.63, 3.8) is 0 Å². The molecule has 0 bridgehead atoms. The molecule has 0 radical (unpaired) electrons. The van der Waals surface area contributed by atoms with Crippen LogP contribution in [0.25, 0.3) is 5.95 Å². The average Bonchev–Trinajstić information content (AvgIpc) is 3.14. The van der Waals surface area contributed by atoms with Gasteiger partial charge in [-0.1, -0.05) is 6.07 Å². The fraction of sp³-hybridized carbons (Fsp3) is 0.133. The molecule has 0 spiro atoms. The van der Waals surface area contributed by atoms with Crippen molar-refractivity contribution in [2.24, 2.45) is 0 Å². The second-order valence-electron chi connectivity index (χ2n) is 5.13. The predicted molar refractivity (Wildman–Crippen MR) is 82.4 cm³/mol. The van der Waals surface area contributed by atoms with Crippen LogP contribution in [-0.2, 0) is 12.7 Å². The Bertz CT molecular complexity index is 964. The van der Waals surface area contributed by atoms with Gasteiger partial charge in [-0.2, -0.15) is 18.3 Å². The van der Waals surface area contributed by atoms with Crippen LogP contribution in [0, 0.1) is 0 Å². The molecular weight excluding hydrogens is 353 g/mol. The third-order valence-electron chi connectivity index (χ3n) is 3.32. The van der Waals surface area contributed by atoms with E-state index in [0.717, 1.165) is 18.5 Å². The molecule has 3 heterocycles. The zero-order chi connectivity index (χ0) is 18.7. The van der Waals surface area contributed by atoms with Gasteiger partial charge in [0, 0.05) is 31.3 Å². The number of hydrogen-bond donors (Lipinski definition) is 2. The summed E-state index contributed by atoms with van der Waals surface area (Å²) in [7, 11) is 0. The van der Waals surface area contributed by atoms with Gasteiger partial charge in [0.15, 0.2) is 0 Å². The second-order valence-corrected chi connectivity index (χ2v) is 5.13. The number of rotatable bonds is 4. The monoisotopic (exact) mass is 364 g/mol. The Morgan fingerprint density at radius 2 is 2.04 bits per heavy atom. The maximum atomic E-state index is 12.5. The zero-order valence-corrected chi connectivity index (χ0v) is 13.0. The lowest BCUT2D eigenvalue weighted by Gasteiger charge is -2.08. The normalized spacial score (nSPS) is 11.3. The fourth-order valence-electron chi connectivity index (χ4n) is 2.03. The van der Waals surface area contributed by atoms with Crippen molar-refractivity contribution in [3.8, 4) is 5.95 Å². The van der Waals surface area contributed by atoms with Gasteiger partial charge in [0.1, 0.15) is 11.3 Å². The number of carbonyl (C=O) groups excluding carboxylic acids is 1. The summed E-state index contributed by atoms with van der Waals surface area (Å²) in [5.74, 6) is -0.575. The van der Waals surface area contributed by atoms with Crippen LogP contribution in [0.15, 0.2) is 47.8 Å². The van der Waals surface area contributed by atoms with Gasteiger partial charge in [0.2, 0.25) is 5.95 Å². The summed E-state index contributed by atoms with van der Waals surface area (Å²) in [5, 5.41) is 6.32. The number of nitrogens with one attached hydrogen (secondary N) is 2. The van der Waals surface area contributed by atoms with Crippen LogP contribution < -0.4 is 10.9 Å². The lowest BCUT2D eigenvalue weighted by Crippen LogP contribution is -2.30. The van der Waals surface area contributed by atoms with E-state index in [2.05, 4.69) is 25.4 Å². The summed E-state index contributed by atoms with van der Waals surface area (Å²) in [6, 6.07) is 3.65. The van der Waals surface area contributed by atoms with Crippen LogP contribution >= 0.6 is 0 Å². The molecule has 3 aromatic rings. The molecule has 0 aliphatic rings. The maximum absolute atomic E-state index is 12.5. The van der Waals surface area contributed by atoms with Gasteiger partial charge < -0.3 is 5.32 Å². The van der Waals surface area contributed by atoms with Crippen molar-refractivity contribution in [2.75, 3.05) is 0 Å². The predicted octanol–water partition coefficient (Wildman–Crippen LogP) is 1.30. The molecule has 0 aliphatic carbocycles. The van der Waals surface area contributed by atoms with Gasteiger partial charge in [-0.15, -0.1) is 0 Å². The lowest BCUT2D eigenvalue weighted by atomic mass is 10.2. The molecule has 8 nitrogen and oxygen atoms in total. The standard InChI is InChI=1S/C15H11F3N6O2/c16-15(17,18)11-3-2-9(6-19-11)7-20-12(25)10-8-21-14(23-13(10)26)24-5-1-4-22-24/h1-6,8H,7H2,(H,20,25)(H,21,23,26). The van der Waals surface area contributed by atoms with Crippen LogP contribution in [0.5, 0.6) is 0 Å². The van der Waals surface area contributed by atoms with Crippen LogP contribution in [0.4, 0.5) is 13.2 Å². The number of carbonyl (C=O) groups is 1. The van der Waals surface area contributed by atoms with E-state index < -0.39 is 23.3 Å². The Labute approximate surface area is 143 Å². The Balaban J connectivity index is 1.68. The van der Waals surface area contributed by atoms with Crippen molar-refractivity contribution in [2.45, 2.75) is 12.7 Å². The minimum Gasteiger partial charge on any atom is -0.348 e. The van der Waals surface area contributed by atoms with Gasteiger partial charge in [-0.05, 0) is 17.7 Å². The van der Waals surface area contributed by atoms with Gasteiger partial charge in [-0.3, -0.25) is 19.6 Å². The molecule has 0 fully saturated rings. The maximum Gasteiger partial charge on any atom is 0.433 e. The molecule has 0 saturated carbocycles. The van der Waals surface area contributed by atoms with Crippen LogP contribution in [0.3, 0.4) is 0 Å². The first-order chi connectivity index (χ1) is 12.3. The topological polar surface area (TPSA) is 106 Å². The van der Waals surface area contributed by atoms with E-state index in [1.165, 1.54) is 16.9 Å². The van der Waals surface area contributed by atoms with Crippen molar-refractivity contribution < 1.29 is 18.0 Å². The highest BCUT2D eigenvalue weighted by Gasteiger charge is 2.32. The minimum atomic E-state index is -4.53. The molecule has 3 rings (SSSR count). The van der Waals surface area contributed by atoms with Gasteiger partial charge in [0.25, 0.3) is 11.5 Å². The van der Waals surface area contributed by atoms with E-state index in [0.29, 0.717) is 5.56 Å². The first-order valence-electron chi connectivity index (χ1n) is 7.24. The van der Waals surface area contributed by atoms with Gasteiger partial charge in [0.05, 0.1) is 0 Å². The highest BCUT2D eigenvalue weighted by Crippen LogP contribution is 2.27. The number of nitrogens with zero attached hydrogens (tertiary/aromatic N) is 4. The van der Waals surface area contributed by atoms with E-state index >= 15 is 0 Å². The molecular formula is C15H11F3N6O2. The Morgan fingerprint density at radius 3 is 2.62 bits per heavy atom. The third kappa shape index (κ3) is 3.77. The van der Waals surface area contributed by atoms with Crippen LogP contribution in [0.1, 0.15) is 21.6 Å². The fourth-order valence-corrected chi connectivity index (χ4v) is 2.03. The highest BCUT2D eigenvalue weighted by atomic mass is 19.4. The molecule has 134 valence electrons. The summed E-state index contributed by atoms with van der Waals surface area (Å²) >= 11 is 0. The minimum absolute atomic E-state index is 0.0929. The molecule has 0 saturated heterocycles. The SMILES string of the molecule is O=C(NCc1ccc(C(F)(F)F)nc1)c1cnc(-n2cccn2)[nH]c1=O. The van der Waals surface area contributed by atoms with Gasteiger partial charge in [-0.25, -0.2) is 9.67 Å². The summed E-state index contributed by atoms with van der Waals surface area (Å²) in [5.41, 5.74) is -1.58. The number of aromatic amines is 1. The number of aromatic nitrogens is 5. The smallest absolute Gasteiger partial charge is 0.348 e. The first-order valence-corrected chi connectivity index (χ1v) is 7.24. The van der Waals surface area contributed by atoms with E-state index in [9.17, 15) is 22.8 Å². The van der Waals surface area contributed by atoms with E-state index in [-0.39, 0.29) is 18.1 Å². The lowest BCUT2D eigenvalue weighted by molar-refractivity contribution is -0.141. The van der Waals surface area contributed by atoms with Crippen molar-refractivity contribution in [3.05, 3.63) is 70.2 Å². The van der Waals surface area contributed by atoms with Gasteiger partial charge >= 0.3 is 6.18 Å². The Kier molecular flexibility index (Phi) is 4.52. The quantitative estimate of drug-likeness (QED) is 0.726. The molecule has 11 heteroatoms. The Morgan fingerprint density at radius 1 is 1.23 bits per heavy atom. The summed E-state index contributed by atoms with van der Waals surface area (Å²) in [6.45, 7) is -0.0929. The number of halogens is 3. The summed E-state index contributed by atoms with van der Waals surface area (Å²) in [6.07, 6.45) is 0.633. The largest absolute Gasteiger partial charge is 0.433 e. The summed E-state index contributed by atoms with van der Waals surface area (Å²) < 4.78 is 38.7. The molecule has 0 atom stereocenters. The number of pyridine rings is 1. The van der Waals surface area contributed by atoms with Crippen LogP contribution in [0.2, 0.25) is 0 Å². The second kappa shape index (κ2) is 6.78. The zero-order valence-electron chi connectivity index (χ0n) is 13.0. The highest BCUT2D eigenvalue weighted by molar-refractivity contribution is 5.93. The molecule has 0 aromatic carbocycles. The molecule has 0 aliphatic heterocycles. The molecule has 0 unspecified atom stereocenters. The number of amides is 1. The average molecular weight is 364 g/mol. The molecule has 26 heavy (non-hydrogen) atoms. The summed E-state index contributed by atoms with van der Waals surface area (Å²) in [4.78, 5) is 33.7. The molecule has 1 amide bonds. The van der Waals surface area contributed by atoms with Crippen molar-refractivity contribution in [1.29, 1.82) is 0 Å². The van der Waals surface area contributed by atoms with Crippen LogP contribution in [-0.4, -0.2) is 30.6 Å². The van der Waals surface area contributed by atoms with E-state index in [4.69, 9.17) is 0 Å². The number of hydrogen-bond acceptors (Lipinski definition) is 5. The van der Waals surface area contributed by atoms with E-state index in [1.807, 2.05) is 0 Å². The number of H-pyrrole nitrogens is 1. The Hall–Kier alpha value is -3.50. The first kappa shape index (κ1) is 17.3. The van der Waals surface area contributed by atoms with Crippen molar-refractivity contribution >= 4 is 5.91 Å².